The first-order chi connectivity index (χ1) is 6.63. The molecule has 0 aliphatic rings. The molecular formula is C11H19N3. The Morgan fingerprint density at radius 1 is 1.50 bits per heavy atom. The number of hydrogen-bond acceptors (Lipinski definition) is 3. The predicted molar refractivity (Wildman–Crippen MR) is 61.3 cm³/mol. The Morgan fingerprint density at radius 3 is 2.79 bits per heavy atom. The van der Waals surface area contributed by atoms with Crippen LogP contribution < -0.4 is 11.1 Å². The number of aromatic nitrogens is 1. The van der Waals surface area contributed by atoms with Gasteiger partial charge >= 0.3 is 0 Å². The number of hydrogen-bond donors (Lipinski definition) is 2. The molecule has 0 saturated heterocycles. The summed E-state index contributed by atoms with van der Waals surface area (Å²) in [6, 6.07) is 3.81. The van der Waals surface area contributed by atoms with Crippen LogP contribution in [0.2, 0.25) is 0 Å². The molecule has 0 aliphatic carbocycles. The van der Waals surface area contributed by atoms with Gasteiger partial charge in [0, 0.05) is 6.54 Å². The summed E-state index contributed by atoms with van der Waals surface area (Å²) in [6.07, 6.45) is 1.18. The van der Waals surface area contributed by atoms with Crippen molar-refractivity contribution in [3.8, 4) is 0 Å². The maximum atomic E-state index is 5.68. The van der Waals surface area contributed by atoms with Crippen LogP contribution in [0.4, 0.5) is 11.5 Å². The molecule has 0 saturated carbocycles. The third-order valence-electron chi connectivity index (χ3n) is 2.46. The molecule has 0 radical (unpaired) electrons. The van der Waals surface area contributed by atoms with Crippen molar-refractivity contribution in [2.45, 2.75) is 27.2 Å². The number of nitrogen functional groups attached to an aromatic ring is 1. The van der Waals surface area contributed by atoms with E-state index in [4.69, 9.17) is 5.73 Å². The smallest absolute Gasteiger partial charge is 0.126 e. The summed E-state index contributed by atoms with van der Waals surface area (Å²) >= 11 is 0. The average molecular weight is 193 g/mol. The Bertz CT molecular complexity index is 297. The van der Waals surface area contributed by atoms with Crippen molar-refractivity contribution in [3.05, 3.63) is 17.8 Å². The topological polar surface area (TPSA) is 50.9 Å². The Hall–Kier alpha value is -1.25. The second kappa shape index (κ2) is 4.84. The lowest BCUT2D eigenvalue weighted by Crippen LogP contribution is -2.11. The largest absolute Gasteiger partial charge is 0.397 e. The van der Waals surface area contributed by atoms with E-state index >= 15 is 0 Å². The Balaban J connectivity index is 2.55. The minimum atomic E-state index is 0.676. The molecule has 0 fully saturated rings. The normalized spacial score (nSPS) is 12.5. The van der Waals surface area contributed by atoms with E-state index in [-0.39, 0.29) is 0 Å². The first-order valence-corrected chi connectivity index (χ1v) is 5.10. The lowest BCUT2D eigenvalue weighted by molar-refractivity contribution is 0.592. The van der Waals surface area contributed by atoms with Crippen molar-refractivity contribution in [1.82, 2.24) is 4.98 Å². The zero-order valence-corrected chi connectivity index (χ0v) is 9.17. The number of anilines is 2. The van der Waals surface area contributed by atoms with Gasteiger partial charge in [0.1, 0.15) is 5.82 Å². The molecule has 1 rings (SSSR count). The second-order valence-electron chi connectivity index (χ2n) is 3.77. The van der Waals surface area contributed by atoms with Crippen molar-refractivity contribution >= 4 is 11.5 Å². The van der Waals surface area contributed by atoms with Crippen LogP contribution in [0.5, 0.6) is 0 Å². The lowest BCUT2D eigenvalue weighted by Gasteiger charge is -2.11. The highest BCUT2D eigenvalue weighted by atomic mass is 15.0. The fraction of sp³-hybridized carbons (Fsp3) is 0.545. The monoisotopic (exact) mass is 193 g/mol. The van der Waals surface area contributed by atoms with Gasteiger partial charge in [-0.15, -0.1) is 0 Å². The molecule has 0 amide bonds. The van der Waals surface area contributed by atoms with E-state index in [2.05, 4.69) is 24.1 Å². The zero-order chi connectivity index (χ0) is 10.6. The minimum absolute atomic E-state index is 0.676. The second-order valence-corrected chi connectivity index (χ2v) is 3.77. The van der Waals surface area contributed by atoms with Crippen molar-refractivity contribution in [3.63, 3.8) is 0 Å². The molecule has 3 N–H and O–H groups in total. The van der Waals surface area contributed by atoms with Crippen LogP contribution in [-0.4, -0.2) is 11.5 Å². The van der Waals surface area contributed by atoms with E-state index in [0.717, 1.165) is 23.7 Å². The van der Waals surface area contributed by atoms with Gasteiger partial charge in [0.25, 0.3) is 0 Å². The van der Waals surface area contributed by atoms with Crippen molar-refractivity contribution in [2.24, 2.45) is 5.92 Å². The maximum Gasteiger partial charge on any atom is 0.126 e. The highest BCUT2D eigenvalue weighted by Crippen LogP contribution is 2.12. The zero-order valence-electron chi connectivity index (χ0n) is 9.17. The molecule has 0 spiro atoms. The van der Waals surface area contributed by atoms with Crippen LogP contribution in [0.15, 0.2) is 12.1 Å². The number of nitrogens with zero attached hydrogens (tertiary/aromatic N) is 1. The van der Waals surface area contributed by atoms with Gasteiger partial charge in [-0.1, -0.05) is 20.3 Å². The van der Waals surface area contributed by atoms with Crippen LogP contribution in [0, 0.1) is 12.8 Å². The first-order valence-electron chi connectivity index (χ1n) is 5.10. The third-order valence-corrected chi connectivity index (χ3v) is 2.46. The van der Waals surface area contributed by atoms with E-state index in [1.165, 1.54) is 6.42 Å². The van der Waals surface area contributed by atoms with Crippen LogP contribution in [0.1, 0.15) is 26.0 Å². The van der Waals surface area contributed by atoms with Gasteiger partial charge in [-0.25, -0.2) is 4.98 Å². The van der Waals surface area contributed by atoms with Crippen molar-refractivity contribution in [1.29, 1.82) is 0 Å². The number of nitrogens with one attached hydrogen (secondary N) is 1. The lowest BCUT2D eigenvalue weighted by atomic mass is 10.1. The molecule has 0 bridgehead atoms. The third kappa shape index (κ3) is 2.91. The summed E-state index contributed by atoms with van der Waals surface area (Å²) in [6.45, 7) is 7.29. The van der Waals surface area contributed by atoms with Gasteiger partial charge < -0.3 is 11.1 Å². The molecule has 0 aliphatic heterocycles. The van der Waals surface area contributed by atoms with Crippen molar-refractivity contribution in [2.75, 3.05) is 17.6 Å². The van der Waals surface area contributed by atoms with Gasteiger partial charge in [0.15, 0.2) is 0 Å². The molecule has 1 aromatic rings. The molecule has 1 heterocycles. The van der Waals surface area contributed by atoms with Crippen molar-refractivity contribution < 1.29 is 0 Å². The molecule has 78 valence electrons. The molecule has 1 atom stereocenters. The first kappa shape index (κ1) is 10.8. The summed E-state index contributed by atoms with van der Waals surface area (Å²) in [5.41, 5.74) is 7.32. The maximum absolute atomic E-state index is 5.68. The molecule has 3 heteroatoms. The summed E-state index contributed by atoms with van der Waals surface area (Å²) < 4.78 is 0. The van der Waals surface area contributed by atoms with E-state index < -0.39 is 0 Å². The molecule has 1 aromatic heterocycles. The van der Waals surface area contributed by atoms with Gasteiger partial charge in [0.2, 0.25) is 0 Å². The standard InChI is InChI=1S/C11H19N3/c1-4-8(2)7-13-11-6-5-10(12)9(3)14-11/h5-6,8H,4,7,12H2,1-3H3,(H,13,14). The summed E-state index contributed by atoms with van der Waals surface area (Å²) in [4.78, 5) is 4.34. The number of nitrogens with two attached hydrogens (primary N) is 1. The SMILES string of the molecule is CCC(C)CNc1ccc(N)c(C)n1. The molecule has 1 unspecified atom stereocenters. The number of pyridine rings is 1. The van der Waals surface area contributed by atoms with Gasteiger partial charge in [-0.05, 0) is 25.0 Å². The van der Waals surface area contributed by atoms with Gasteiger partial charge in [0.05, 0.1) is 11.4 Å². The Kier molecular flexibility index (Phi) is 3.74. The summed E-state index contributed by atoms with van der Waals surface area (Å²) in [5, 5.41) is 3.30. The Morgan fingerprint density at radius 2 is 2.21 bits per heavy atom. The summed E-state index contributed by atoms with van der Waals surface area (Å²) in [5.74, 6) is 1.59. The average Bonchev–Trinajstić information content (AvgIpc) is 2.19. The van der Waals surface area contributed by atoms with E-state index in [9.17, 15) is 0 Å². The number of rotatable bonds is 4. The fourth-order valence-corrected chi connectivity index (χ4v) is 1.09. The van der Waals surface area contributed by atoms with E-state index in [1.54, 1.807) is 0 Å². The van der Waals surface area contributed by atoms with E-state index in [0.29, 0.717) is 5.92 Å². The highest BCUT2D eigenvalue weighted by molar-refractivity contribution is 5.48. The van der Waals surface area contributed by atoms with Crippen LogP contribution in [0.3, 0.4) is 0 Å². The van der Waals surface area contributed by atoms with Crippen LogP contribution in [-0.2, 0) is 0 Å². The van der Waals surface area contributed by atoms with Crippen LogP contribution >= 0.6 is 0 Å². The van der Waals surface area contributed by atoms with Crippen LogP contribution in [0.25, 0.3) is 0 Å². The highest BCUT2D eigenvalue weighted by Gasteiger charge is 2.00. The summed E-state index contributed by atoms with van der Waals surface area (Å²) in [7, 11) is 0. The molecular weight excluding hydrogens is 174 g/mol. The molecule has 0 aromatic carbocycles. The van der Waals surface area contributed by atoms with Gasteiger partial charge in [-0.3, -0.25) is 0 Å². The molecule has 3 nitrogen and oxygen atoms in total. The molecule has 14 heavy (non-hydrogen) atoms. The quantitative estimate of drug-likeness (QED) is 0.772. The van der Waals surface area contributed by atoms with E-state index in [1.807, 2.05) is 19.1 Å². The number of aryl methyl sites for hydroxylation is 1. The van der Waals surface area contributed by atoms with Gasteiger partial charge in [-0.2, -0.15) is 0 Å². The predicted octanol–water partition coefficient (Wildman–Crippen LogP) is 2.43. The Labute approximate surface area is 85.7 Å². The fourth-order valence-electron chi connectivity index (χ4n) is 1.09. The minimum Gasteiger partial charge on any atom is -0.397 e.